The van der Waals surface area contributed by atoms with Gasteiger partial charge in [0.05, 0.1) is 18.8 Å². The van der Waals surface area contributed by atoms with Gasteiger partial charge in [0.1, 0.15) is 34.7 Å². The van der Waals surface area contributed by atoms with Crippen LogP contribution in [0.2, 0.25) is 0 Å². The summed E-state index contributed by atoms with van der Waals surface area (Å²) in [6.07, 6.45) is 0.938. The van der Waals surface area contributed by atoms with Crippen LogP contribution in [0.15, 0.2) is 33.7 Å². The SMILES string of the molecule is CCCOc1cc2nc3cc4c(cc3oc-2c/c1=N\C)N(C)CCO4. The van der Waals surface area contributed by atoms with Crippen molar-refractivity contribution < 1.29 is 13.9 Å². The lowest BCUT2D eigenvalue weighted by atomic mass is 10.1. The minimum absolute atomic E-state index is 0.645. The van der Waals surface area contributed by atoms with Crippen LogP contribution in [-0.4, -0.2) is 38.8 Å². The standard InChI is InChI=1S/C19H21N3O3/c1-4-6-23-16-9-13-17(8-12(16)20-2)25-18-11-15-19(10-14(18)21-13)24-7-5-22(15)3/h8-11H,4-7H2,1-3H3/b20-12+. The quantitative estimate of drug-likeness (QED) is 0.686. The molecule has 0 radical (unpaired) electrons. The molecule has 0 fully saturated rings. The Bertz CT molecular complexity index is 964. The monoisotopic (exact) mass is 339 g/mol. The number of fused-ring (bicyclic) bond motifs is 3. The maximum absolute atomic E-state index is 6.10. The molecule has 0 amide bonds. The van der Waals surface area contributed by atoms with Crippen LogP contribution in [0.25, 0.3) is 22.6 Å². The first-order valence-electron chi connectivity index (χ1n) is 8.52. The molecule has 1 aromatic carbocycles. The first-order valence-corrected chi connectivity index (χ1v) is 8.52. The highest BCUT2D eigenvalue weighted by molar-refractivity contribution is 5.84. The van der Waals surface area contributed by atoms with E-state index in [0.29, 0.717) is 19.0 Å². The zero-order chi connectivity index (χ0) is 17.4. The molecular formula is C19H21N3O3. The Kier molecular flexibility index (Phi) is 3.95. The molecule has 0 N–H and O–H groups in total. The number of rotatable bonds is 3. The first kappa shape index (κ1) is 15.7. The molecule has 2 aliphatic heterocycles. The van der Waals surface area contributed by atoms with Crippen LogP contribution >= 0.6 is 0 Å². The topological polar surface area (TPSA) is 60.1 Å². The summed E-state index contributed by atoms with van der Waals surface area (Å²) in [6.45, 7) is 4.25. The number of hydrogen-bond acceptors (Lipinski definition) is 6. The Balaban J connectivity index is 1.91. The summed E-state index contributed by atoms with van der Waals surface area (Å²) < 4.78 is 17.7. The Hall–Kier alpha value is -2.76. The zero-order valence-electron chi connectivity index (χ0n) is 14.7. The Labute approximate surface area is 146 Å². The highest BCUT2D eigenvalue weighted by atomic mass is 16.5. The average Bonchev–Trinajstić information content (AvgIpc) is 2.63. The minimum atomic E-state index is 0.645. The van der Waals surface area contributed by atoms with Gasteiger partial charge in [0, 0.05) is 38.4 Å². The van der Waals surface area contributed by atoms with Crippen molar-refractivity contribution >= 4 is 16.8 Å². The van der Waals surface area contributed by atoms with Gasteiger partial charge in [-0.05, 0) is 6.42 Å². The summed E-state index contributed by atoms with van der Waals surface area (Å²) in [5.41, 5.74) is 3.26. The summed E-state index contributed by atoms with van der Waals surface area (Å²) in [5.74, 6) is 2.26. The molecule has 130 valence electrons. The van der Waals surface area contributed by atoms with Crippen molar-refractivity contribution in [1.82, 2.24) is 4.98 Å². The van der Waals surface area contributed by atoms with Gasteiger partial charge in [-0.25, -0.2) is 4.98 Å². The van der Waals surface area contributed by atoms with Crippen LogP contribution in [0.4, 0.5) is 5.69 Å². The van der Waals surface area contributed by atoms with Crippen molar-refractivity contribution in [2.75, 3.05) is 38.8 Å². The predicted octanol–water partition coefficient (Wildman–Crippen LogP) is 3.08. The number of aromatic nitrogens is 1. The molecule has 4 rings (SSSR count). The van der Waals surface area contributed by atoms with Crippen LogP contribution in [0, 0.1) is 0 Å². The Morgan fingerprint density at radius 1 is 1.28 bits per heavy atom. The lowest BCUT2D eigenvalue weighted by molar-refractivity contribution is 0.311. The molecule has 3 aliphatic rings. The second-order valence-electron chi connectivity index (χ2n) is 6.13. The van der Waals surface area contributed by atoms with Gasteiger partial charge in [-0.2, -0.15) is 0 Å². The molecule has 0 saturated carbocycles. The zero-order valence-corrected chi connectivity index (χ0v) is 14.7. The highest BCUT2D eigenvalue weighted by Crippen LogP contribution is 2.36. The van der Waals surface area contributed by atoms with E-state index in [1.54, 1.807) is 7.05 Å². The van der Waals surface area contributed by atoms with Crippen LogP contribution < -0.4 is 19.7 Å². The molecule has 0 unspecified atom stereocenters. The number of likely N-dealkylation sites (N-methyl/N-ethyl adjacent to an activating group) is 1. The first-order chi connectivity index (χ1) is 12.2. The molecule has 1 aromatic rings. The third-order valence-corrected chi connectivity index (χ3v) is 4.34. The fourth-order valence-electron chi connectivity index (χ4n) is 2.99. The van der Waals surface area contributed by atoms with Gasteiger partial charge in [0.15, 0.2) is 11.3 Å². The number of benzene rings is 2. The highest BCUT2D eigenvalue weighted by Gasteiger charge is 2.19. The number of nitrogens with zero attached hydrogens (tertiary/aromatic N) is 3. The van der Waals surface area contributed by atoms with Gasteiger partial charge >= 0.3 is 0 Å². The van der Waals surface area contributed by atoms with Crippen molar-refractivity contribution in [3.63, 3.8) is 0 Å². The van der Waals surface area contributed by atoms with Crippen LogP contribution in [0.5, 0.6) is 11.5 Å². The van der Waals surface area contributed by atoms with Gasteiger partial charge in [0.25, 0.3) is 0 Å². The molecule has 6 heteroatoms. The maximum atomic E-state index is 6.10. The van der Waals surface area contributed by atoms with Gasteiger partial charge in [-0.15, -0.1) is 0 Å². The number of hydrogen-bond donors (Lipinski definition) is 0. The van der Waals surface area contributed by atoms with Gasteiger partial charge in [-0.1, -0.05) is 6.92 Å². The minimum Gasteiger partial charge on any atom is -0.491 e. The Morgan fingerprint density at radius 2 is 2.16 bits per heavy atom. The molecule has 2 heterocycles. The van der Waals surface area contributed by atoms with Crippen LogP contribution in [0.1, 0.15) is 13.3 Å². The Morgan fingerprint density at radius 3 is 2.96 bits per heavy atom. The van der Waals surface area contributed by atoms with Crippen LogP contribution in [0.3, 0.4) is 0 Å². The van der Waals surface area contributed by atoms with E-state index in [0.717, 1.165) is 52.3 Å². The lowest BCUT2D eigenvalue weighted by Crippen LogP contribution is -2.28. The molecule has 0 saturated heterocycles. The van der Waals surface area contributed by atoms with E-state index in [4.69, 9.17) is 18.9 Å². The lowest BCUT2D eigenvalue weighted by Gasteiger charge is -2.27. The van der Waals surface area contributed by atoms with E-state index in [1.807, 2.05) is 31.3 Å². The molecular weight excluding hydrogens is 318 g/mol. The maximum Gasteiger partial charge on any atom is 0.155 e. The molecule has 0 aromatic heterocycles. The second kappa shape index (κ2) is 6.27. The van der Waals surface area contributed by atoms with Crippen molar-refractivity contribution in [3.8, 4) is 23.0 Å². The summed E-state index contributed by atoms with van der Waals surface area (Å²) in [5, 5.41) is 0.768. The fourth-order valence-corrected chi connectivity index (χ4v) is 2.99. The normalized spacial score (nSPS) is 14.7. The van der Waals surface area contributed by atoms with E-state index in [-0.39, 0.29) is 0 Å². The van der Waals surface area contributed by atoms with E-state index in [9.17, 15) is 0 Å². The molecule has 0 atom stereocenters. The van der Waals surface area contributed by atoms with Crippen LogP contribution in [-0.2, 0) is 0 Å². The molecule has 1 aliphatic carbocycles. The van der Waals surface area contributed by atoms with E-state index < -0.39 is 0 Å². The van der Waals surface area contributed by atoms with Gasteiger partial charge in [-0.3, -0.25) is 4.99 Å². The number of ether oxygens (including phenoxy) is 2. The van der Waals surface area contributed by atoms with E-state index >= 15 is 0 Å². The van der Waals surface area contributed by atoms with Crippen molar-refractivity contribution in [1.29, 1.82) is 0 Å². The molecule has 25 heavy (non-hydrogen) atoms. The van der Waals surface area contributed by atoms with E-state index in [2.05, 4.69) is 16.8 Å². The third-order valence-electron chi connectivity index (χ3n) is 4.34. The van der Waals surface area contributed by atoms with Crippen molar-refractivity contribution in [2.45, 2.75) is 13.3 Å². The summed E-state index contributed by atoms with van der Waals surface area (Å²) in [7, 11) is 3.80. The summed E-state index contributed by atoms with van der Waals surface area (Å²) in [4.78, 5) is 11.2. The van der Waals surface area contributed by atoms with E-state index in [1.165, 1.54) is 0 Å². The fraction of sp³-hybridized carbons (Fsp3) is 0.368. The number of anilines is 1. The van der Waals surface area contributed by atoms with Crippen molar-refractivity contribution in [3.05, 3.63) is 29.6 Å². The third kappa shape index (κ3) is 2.77. The largest absolute Gasteiger partial charge is 0.491 e. The molecule has 6 nitrogen and oxygen atoms in total. The van der Waals surface area contributed by atoms with Gasteiger partial charge < -0.3 is 18.8 Å². The van der Waals surface area contributed by atoms with Gasteiger partial charge in [0.2, 0.25) is 0 Å². The molecule has 0 bridgehead atoms. The average molecular weight is 339 g/mol. The predicted molar refractivity (Wildman–Crippen MR) is 96.7 cm³/mol. The smallest absolute Gasteiger partial charge is 0.155 e. The molecule has 0 spiro atoms. The second-order valence-corrected chi connectivity index (χ2v) is 6.13. The summed E-state index contributed by atoms with van der Waals surface area (Å²) in [6, 6.07) is 7.70. The van der Waals surface area contributed by atoms with Crippen molar-refractivity contribution in [2.24, 2.45) is 4.99 Å². The summed E-state index contributed by atoms with van der Waals surface area (Å²) >= 11 is 0.